The Labute approximate surface area is 114 Å². The zero-order chi connectivity index (χ0) is 13.7. The van der Waals surface area contributed by atoms with Crippen molar-refractivity contribution in [3.05, 3.63) is 47.3 Å². The van der Waals surface area contributed by atoms with E-state index < -0.39 is 0 Å². The van der Waals surface area contributed by atoms with E-state index in [4.69, 9.17) is 0 Å². The summed E-state index contributed by atoms with van der Waals surface area (Å²) in [5.74, 6) is 2.47. The van der Waals surface area contributed by atoms with Gasteiger partial charge >= 0.3 is 0 Å². The Morgan fingerprint density at radius 1 is 1.05 bits per heavy atom. The van der Waals surface area contributed by atoms with Gasteiger partial charge in [-0.2, -0.15) is 0 Å². The molecular formula is C15H20N4. The van der Waals surface area contributed by atoms with E-state index in [1.807, 2.05) is 20.0 Å². The van der Waals surface area contributed by atoms with Crippen molar-refractivity contribution >= 4 is 11.6 Å². The Morgan fingerprint density at radius 2 is 1.79 bits per heavy atom. The van der Waals surface area contributed by atoms with E-state index >= 15 is 0 Å². The molecule has 4 nitrogen and oxygen atoms in total. The second-order valence-electron chi connectivity index (χ2n) is 4.54. The molecular weight excluding hydrogens is 236 g/mol. The van der Waals surface area contributed by atoms with Gasteiger partial charge in [0.15, 0.2) is 0 Å². The Kier molecular flexibility index (Phi) is 4.34. The molecule has 0 aliphatic carbocycles. The fraction of sp³-hybridized carbons (Fsp3) is 0.333. The van der Waals surface area contributed by atoms with Gasteiger partial charge in [0.05, 0.1) is 0 Å². The first-order valence-electron chi connectivity index (χ1n) is 6.51. The standard InChI is InChI=1S/C15H20N4/c1-11-6-4-5-7-13(11)8-9-17-15-10-14(16-3)18-12(2)19-15/h4-7,10H,8-9H2,1-3H3,(H2,16,17,18,19). The number of aromatic nitrogens is 2. The number of rotatable bonds is 5. The first-order chi connectivity index (χ1) is 9.19. The molecule has 0 saturated carbocycles. The fourth-order valence-corrected chi connectivity index (χ4v) is 2.00. The number of nitrogens with zero attached hydrogens (tertiary/aromatic N) is 2. The summed E-state index contributed by atoms with van der Waals surface area (Å²) in [6, 6.07) is 10.4. The van der Waals surface area contributed by atoms with Crippen LogP contribution in [0.15, 0.2) is 30.3 Å². The van der Waals surface area contributed by atoms with Gasteiger partial charge in [0.25, 0.3) is 0 Å². The molecule has 1 aromatic carbocycles. The molecule has 0 spiro atoms. The van der Waals surface area contributed by atoms with E-state index in [1.165, 1.54) is 11.1 Å². The van der Waals surface area contributed by atoms with Gasteiger partial charge in [-0.05, 0) is 31.4 Å². The maximum atomic E-state index is 4.37. The molecule has 1 aromatic heterocycles. The summed E-state index contributed by atoms with van der Waals surface area (Å²) in [4.78, 5) is 8.64. The van der Waals surface area contributed by atoms with E-state index in [1.54, 1.807) is 0 Å². The van der Waals surface area contributed by atoms with Crippen molar-refractivity contribution in [3.8, 4) is 0 Å². The highest BCUT2D eigenvalue weighted by atomic mass is 15.1. The molecule has 0 aliphatic rings. The summed E-state index contributed by atoms with van der Waals surface area (Å²) in [6.07, 6.45) is 0.991. The normalized spacial score (nSPS) is 10.3. The highest BCUT2D eigenvalue weighted by molar-refractivity contribution is 5.47. The van der Waals surface area contributed by atoms with Crippen LogP contribution in [-0.4, -0.2) is 23.6 Å². The molecule has 0 unspecified atom stereocenters. The van der Waals surface area contributed by atoms with Gasteiger partial charge in [0.2, 0.25) is 0 Å². The Morgan fingerprint density at radius 3 is 2.53 bits per heavy atom. The first kappa shape index (κ1) is 13.3. The molecule has 2 aromatic rings. The molecule has 0 bridgehead atoms. The van der Waals surface area contributed by atoms with Crippen LogP contribution in [0.1, 0.15) is 17.0 Å². The fourth-order valence-electron chi connectivity index (χ4n) is 2.00. The van der Waals surface area contributed by atoms with Crippen LogP contribution < -0.4 is 10.6 Å². The van der Waals surface area contributed by atoms with E-state index in [0.717, 1.165) is 30.4 Å². The van der Waals surface area contributed by atoms with Crippen LogP contribution >= 0.6 is 0 Å². The lowest BCUT2D eigenvalue weighted by Crippen LogP contribution is -2.09. The van der Waals surface area contributed by atoms with Crippen LogP contribution in [0.5, 0.6) is 0 Å². The number of benzene rings is 1. The highest BCUT2D eigenvalue weighted by Crippen LogP contribution is 2.11. The predicted molar refractivity (Wildman–Crippen MR) is 79.7 cm³/mol. The molecule has 0 amide bonds. The van der Waals surface area contributed by atoms with Crippen molar-refractivity contribution in [2.24, 2.45) is 0 Å². The number of hydrogen-bond acceptors (Lipinski definition) is 4. The summed E-state index contributed by atoms with van der Waals surface area (Å²) < 4.78 is 0. The van der Waals surface area contributed by atoms with Crippen LogP contribution in [0, 0.1) is 13.8 Å². The van der Waals surface area contributed by atoms with Gasteiger partial charge in [-0.3, -0.25) is 0 Å². The quantitative estimate of drug-likeness (QED) is 0.863. The minimum absolute atomic E-state index is 0.769. The molecule has 19 heavy (non-hydrogen) atoms. The maximum absolute atomic E-state index is 4.37. The second kappa shape index (κ2) is 6.18. The molecule has 0 radical (unpaired) electrons. The zero-order valence-electron chi connectivity index (χ0n) is 11.7. The average Bonchev–Trinajstić information content (AvgIpc) is 2.40. The van der Waals surface area contributed by atoms with E-state index in [0.29, 0.717) is 0 Å². The lowest BCUT2D eigenvalue weighted by Gasteiger charge is -2.09. The summed E-state index contributed by atoms with van der Waals surface area (Å²) in [5, 5.41) is 6.38. The number of aryl methyl sites for hydroxylation is 2. The van der Waals surface area contributed by atoms with E-state index in [-0.39, 0.29) is 0 Å². The smallest absolute Gasteiger partial charge is 0.131 e. The third-order valence-electron chi connectivity index (χ3n) is 3.06. The van der Waals surface area contributed by atoms with Crippen LogP contribution in [-0.2, 0) is 6.42 Å². The van der Waals surface area contributed by atoms with Crippen molar-refractivity contribution < 1.29 is 0 Å². The minimum atomic E-state index is 0.769. The number of hydrogen-bond donors (Lipinski definition) is 2. The Bertz CT molecular complexity index is 552. The monoisotopic (exact) mass is 256 g/mol. The second-order valence-corrected chi connectivity index (χ2v) is 4.54. The van der Waals surface area contributed by atoms with Crippen LogP contribution in [0.4, 0.5) is 11.6 Å². The molecule has 0 atom stereocenters. The van der Waals surface area contributed by atoms with E-state index in [2.05, 4.69) is 51.8 Å². The molecule has 0 fully saturated rings. The first-order valence-corrected chi connectivity index (χ1v) is 6.51. The largest absolute Gasteiger partial charge is 0.373 e. The van der Waals surface area contributed by atoms with Crippen molar-refractivity contribution in [1.82, 2.24) is 9.97 Å². The lowest BCUT2D eigenvalue weighted by molar-refractivity contribution is 0.974. The van der Waals surface area contributed by atoms with E-state index in [9.17, 15) is 0 Å². The van der Waals surface area contributed by atoms with Crippen molar-refractivity contribution in [2.45, 2.75) is 20.3 Å². The van der Waals surface area contributed by atoms with Crippen molar-refractivity contribution in [1.29, 1.82) is 0 Å². The number of nitrogens with one attached hydrogen (secondary N) is 2. The van der Waals surface area contributed by atoms with Gasteiger partial charge in [0.1, 0.15) is 17.5 Å². The highest BCUT2D eigenvalue weighted by Gasteiger charge is 2.01. The molecule has 1 heterocycles. The summed E-state index contributed by atoms with van der Waals surface area (Å²) >= 11 is 0. The minimum Gasteiger partial charge on any atom is -0.373 e. The van der Waals surface area contributed by atoms with Crippen LogP contribution in [0.25, 0.3) is 0 Å². The van der Waals surface area contributed by atoms with Gasteiger partial charge in [-0.1, -0.05) is 24.3 Å². The summed E-state index contributed by atoms with van der Waals surface area (Å²) in [6.45, 7) is 4.90. The molecule has 0 aliphatic heterocycles. The lowest BCUT2D eigenvalue weighted by atomic mass is 10.1. The molecule has 2 rings (SSSR count). The van der Waals surface area contributed by atoms with Gasteiger partial charge < -0.3 is 10.6 Å². The molecule has 0 saturated heterocycles. The average molecular weight is 256 g/mol. The van der Waals surface area contributed by atoms with Crippen LogP contribution in [0.3, 0.4) is 0 Å². The van der Waals surface area contributed by atoms with Crippen LogP contribution in [0.2, 0.25) is 0 Å². The van der Waals surface area contributed by atoms with Gasteiger partial charge in [-0.25, -0.2) is 9.97 Å². The summed E-state index contributed by atoms with van der Waals surface area (Å²) in [5.41, 5.74) is 2.70. The predicted octanol–water partition coefficient (Wildman–Crippen LogP) is 2.79. The number of anilines is 2. The zero-order valence-corrected chi connectivity index (χ0v) is 11.7. The third kappa shape index (κ3) is 3.68. The molecule has 4 heteroatoms. The topological polar surface area (TPSA) is 49.8 Å². The Balaban J connectivity index is 1.96. The summed E-state index contributed by atoms with van der Waals surface area (Å²) in [7, 11) is 1.86. The van der Waals surface area contributed by atoms with Gasteiger partial charge in [-0.15, -0.1) is 0 Å². The SMILES string of the molecule is CNc1cc(NCCc2ccccc2C)nc(C)n1. The molecule has 2 N–H and O–H groups in total. The molecule has 100 valence electrons. The Hall–Kier alpha value is -2.10. The van der Waals surface area contributed by atoms with Crippen molar-refractivity contribution in [3.63, 3.8) is 0 Å². The maximum Gasteiger partial charge on any atom is 0.131 e. The van der Waals surface area contributed by atoms with Crippen molar-refractivity contribution in [2.75, 3.05) is 24.2 Å². The third-order valence-corrected chi connectivity index (χ3v) is 3.06. The van der Waals surface area contributed by atoms with Gasteiger partial charge in [0, 0.05) is 19.7 Å².